The Hall–Kier alpha value is -5.08. The summed E-state index contributed by atoms with van der Waals surface area (Å²) in [5.74, 6) is 0. The first-order chi connectivity index (χ1) is 19.2. The normalized spacial score (nSPS) is 11.7. The van der Waals surface area contributed by atoms with Crippen LogP contribution in [0.3, 0.4) is 0 Å². The summed E-state index contributed by atoms with van der Waals surface area (Å²) in [4.78, 5) is 0. The first kappa shape index (κ1) is 22.0. The first-order valence-corrected chi connectivity index (χ1v) is 13.3. The van der Waals surface area contributed by atoms with Crippen molar-refractivity contribution in [2.45, 2.75) is 6.92 Å². The third-order valence-electron chi connectivity index (χ3n) is 7.88. The van der Waals surface area contributed by atoms with Crippen molar-refractivity contribution in [3.05, 3.63) is 133 Å². The Morgan fingerprint density at radius 3 is 1.97 bits per heavy atom. The molecular weight excluding hydrogens is 474 g/mol. The van der Waals surface area contributed by atoms with E-state index in [1.165, 1.54) is 48.8 Å². The summed E-state index contributed by atoms with van der Waals surface area (Å²) in [6.45, 7) is 2.12. The predicted octanol–water partition coefficient (Wildman–Crippen LogP) is 10.8. The van der Waals surface area contributed by atoms with Crippen molar-refractivity contribution in [2.75, 3.05) is 5.32 Å². The number of aryl methyl sites for hydroxylation is 1. The molecule has 0 spiro atoms. The van der Waals surface area contributed by atoms with Crippen LogP contribution < -0.4 is 5.32 Å². The predicted molar refractivity (Wildman–Crippen MR) is 166 cm³/mol. The highest BCUT2D eigenvalue weighted by atomic mass is 16.3. The minimum Gasteiger partial charge on any atom is -0.454 e. The van der Waals surface area contributed by atoms with E-state index in [9.17, 15) is 0 Å². The topological polar surface area (TPSA) is 25.2 Å². The van der Waals surface area contributed by atoms with Crippen LogP contribution in [0.2, 0.25) is 0 Å². The molecule has 1 N–H and O–H groups in total. The smallest absolute Gasteiger partial charge is 0.158 e. The minimum absolute atomic E-state index is 0.888. The van der Waals surface area contributed by atoms with E-state index < -0.39 is 0 Å². The Kier molecular flexibility index (Phi) is 4.77. The van der Waals surface area contributed by atoms with Gasteiger partial charge in [-0.2, -0.15) is 0 Å². The van der Waals surface area contributed by atoms with Crippen LogP contribution in [0, 0.1) is 6.92 Å². The van der Waals surface area contributed by atoms with E-state index in [0.29, 0.717) is 0 Å². The zero-order valence-electron chi connectivity index (χ0n) is 21.5. The van der Waals surface area contributed by atoms with E-state index in [1.54, 1.807) is 0 Å². The van der Waals surface area contributed by atoms with Gasteiger partial charge in [-0.3, -0.25) is 0 Å². The largest absolute Gasteiger partial charge is 0.454 e. The lowest BCUT2D eigenvalue weighted by Crippen LogP contribution is -1.90. The molecule has 0 fully saturated rings. The number of anilines is 2. The number of rotatable bonds is 3. The Morgan fingerprint density at radius 1 is 0.487 bits per heavy atom. The maximum atomic E-state index is 6.51. The third-order valence-corrected chi connectivity index (χ3v) is 7.88. The summed E-state index contributed by atoms with van der Waals surface area (Å²) in [6, 6.07) is 45.5. The average Bonchev–Trinajstić information content (AvgIpc) is 3.38. The molecule has 1 aromatic heterocycles. The summed E-state index contributed by atoms with van der Waals surface area (Å²) in [5, 5.41) is 13.4. The van der Waals surface area contributed by atoms with E-state index in [-0.39, 0.29) is 0 Å². The number of para-hydroxylation sites is 1. The van der Waals surface area contributed by atoms with Gasteiger partial charge in [0.15, 0.2) is 5.58 Å². The molecule has 8 aromatic rings. The van der Waals surface area contributed by atoms with Gasteiger partial charge in [0.1, 0.15) is 5.58 Å². The summed E-state index contributed by atoms with van der Waals surface area (Å²) < 4.78 is 6.51. The van der Waals surface area contributed by atoms with Gasteiger partial charge >= 0.3 is 0 Å². The average molecular weight is 500 g/mol. The fraction of sp³-hybridized carbons (Fsp3) is 0.0270. The monoisotopic (exact) mass is 499 g/mol. The number of nitrogens with one attached hydrogen (secondary N) is 1. The number of hydrogen-bond acceptors (Lipinski definition) is 2. The molecule has 7 aromatic carbocycles. The lowest BCUT2D eigenvalue weighted by Gasteiger charge is -2.10. The van der Waals surface area contributed by atoms with Crippen LogP contribution in [0.25, 0.3) is 65.4 Å². The highest BCUT2D eigenvalue weighted by molar-refractivity contribution is 6.21. The van der Waals surface area contributed by atoms with Gasteiger partial charge in [-0.05, 0) is 92.3 Å². The van der Waals surface area contributed by atoms with Crippen LogP contribution in [0.15, 0.2) is 132 Å². The van der Waals surface area contributed by atoms with Gasteiger partial charge in [0.2, 0.25) is 0 Å². The Bertz CT molecular complexity index is 2220. The van der Waals surface area contributed by atoms with Gasteiger partial charge in [-0.25, -0.2) is 0 Å². The number of furan rings is 1. The van der Waals surface area contributed by atoms with Crippen molar-refractivity contribution >= 4 is 65.6 Å². The molecule has 0 saturated carbocycles. The molecule has 0 radical (unpaired) electrons. The first-order valence-electron chi connectivity index (χ1n) is 13.3. The SMILES string of the molecule is Cc1cc2ccccc2c2c1oc1c(Nc3ccc4cc(-c5ccc6ccccc6c5)ccc4c3)cccc12. The molecule has 0 saturated heterocycles. The molecule has 39 heavy (non-hydrogen) atoms. The second-order valence-corrected chi connectivity index (χ2v) is 10.4. The van der Waals surface area contributed by atoms with Crippen LogP contribution in [0.5, 0.6) is 0 Å². The van der Waals surface area contributed by atoms with Crippen LogP contribution >= 0.6 is 0 Å². The van der Waals surface area contributed by atoms with Crippen LogP contribution in [0.1, 0.15) is 5.56 Å². The molecule has 184 valence electrons. The third kappa shape index (κ3) is 3.57. The Balaban J connectivity index is 1.19. The molecular formula is C37H25NO. The van der Waals surface area contributed by atoms with Crippen LogP contribution in [-0.2, 0) is 0 Å². The second kappa shape index (κ2) is 8.47. The maximum absolute atomic E-state index is 6.51. The zero-order chi connectivity index (χ0) is 25.9. The van der Waals surface area contributed by atoms with Crippen LogP contribution in [0.4, 0.5) is 11.4 Å². The summed E-state index contributed by atoms with van der Waals surface area (Å²) >= 11 is 0. The van der Waals surface area contributed by atoms with E-state index in [0.717, 1.165) is 33.5 Å². The number of benzene rings is 7. The lowest BCUT2D eigenvalue weighted by molar-refractivity contribution is 0.667. The van der Waals surface area contributed by atoms with Crippen molar-refractivity contribution in [1.82, 2.24) is 0 Å². The molecule has 0 unspecified atom stereocenters. The quantitative estimate of drug-likeness (QED) is 0.261. The Labute approximate surface area is 226 Å². The van der Waals surface area contributed by atoms with Crippen molar-refractivity contribution in [3.63, 3.8) is 0 Å². The molecule has 0 bridgehead atoms. The fourth-order valence-electron chi connectivity index (χ4n) is 5.94. The van der Waals surface area contributed by atoms with Gasteiger partial charge in [0, 0.05) is 16.5 Å². The minimum atomic E-state index is 0.888. The molecule has 2 nitrogen and oxygen atoms in total. The molecule has 0 aliphatic heterocycles. The van der Waals surface area contributed by atoms with E-state index in [2.05, 4.69) is 140 Å². The van der Waals surface area contributed by atoms with Crippen molar-refractivity contribution in [1.29, 1.82) is 0 Å². The maximum Gasteiger partial charge on any atom is 0.158 e. The molecule has 2 heteroatoms. The van der Waals surface area contributed by atoms with Gasteiger partial charge < -0.3 is 9.73 Å². The molecule has 0 amide bonds. The van der Waals surface area contributed by atoms with Crippen molar-refractivity contribution < 1.29 is 4.42 Å². The van der Waals surface area contributed by atoms with Gasteiger partial charge in [-0.15, -0.1) is 0 Å². The van der Waals surface area contributed by atoms with E-state index in [1.807, 2.05) is 0 Å². The number of fused-ring (bicyclic) bond motifs is 7. The highest BCUT2D eigenvalue weighted by Gasteiger charge is 2.15. The standard InChI is InChI=1S/C37H25NO/c1-23-19-30-9-4-5-10-32(30)35-33-11-6-12-34(37(33)39-36(23)35)38-31-18-17-28-21-27(15-16-29(28)22-31)26-14-13-24-7-2-3-8-25(24)20-26/h2-22,38H,1H3. The summed E-state index contributed by atoms with van der Waals surface area (Å²) in [7, 11) is 0. The lowest BCUT2D eigenvalue weighted by atomic mass is 9.98. The molecule has 0 aliphatic rings. The highest BCUT2D eigenvalue weighted by Crippen LogP contribution is 2.40. The summed E-state index contributed by atoms with van der Waals surface area (Å²) in [5.41, 5.74) is 7.46. The molecule has 0 atom stereocenters. The second-order valence-electron chi connectivity index (χ2n) is 10.4. The number of hydrogen-bond donors (Lipinski definition) is 1. The van der Waals surface area contributed by atoms with Gasteiger partial charge in [-0.1, -0.05) is 91.0 Å². The van der Waals surface area contributed by atoms with E-state index in [4.69, 9.17) is 4.42 Å². The molecule has 1 heterocycles. The van der Waals surface area contributed by atoms with E-state index >= 15 is 0 Å². The van der Waals surface area contributed by atoms with Gasteiger partial charge in [0.05, 0.1) is 5.69 Å². The molecule has 0 aliphatic carbocycles. The molecule has 8 rings (SSSR count). The summed E-state index contributed by atoms with van der Waals surface area (Å²) in [6.07, 6.45) is 0. The fourth-order valence-corrected chi connectivity index (χ4v) is 5.94. The van der Waals surface area contributed by atoms with Crippen molar-refractivity contribution in [2.24, 2.45) is 0 Å². The zero-order valence-corrected chi connectivity index (χ0v) is 21.5. The van der Waals surface area contributed by atoms with Crippen LogP contribution in [-0.4, -0.2) is 0 Å². The van der Waals surface area contributed by atoms with Crippen molar-refractivity contribution in [3.8, 4) is 11.1 Å². The Morgan fingerprint density at radius 2 is 1.13 bits per heavy atom. The van der Waals surface area contributed by atoms with Gasteiger partial charge in [0.25, 0.3) is 0 Å².